The van der Waals surface area contributed by atoms with Gasteiger partial charge in [-0.2, -0.15) is 0 Å². The minimum atomic E-state index is -0.399. The molecule has 0 aliphatic heterocycles. The standard InChI is InChI=1S/C14H12FN5S/c15-11-6-9(5-10(7-11)13(16)17)8-21-14-19-18-12-3-1-2-4-20(12)14/h1-7H,8H2,(H3,16,17). The van der Waals surface area contributed by atoms with Crippen molar-refractivity contribution >= 4 is 23.2 Å². The number of nitrogens with zero attached hydrogens (tertiary/aromatic N) is 3. The molecule has 0 atom stereocenters. The first-order valence-corrected chi connectivity index (χ1v) is 7.18. The van der Waals surface area contributed by atoms with Crippen molar-refractivity contribution in [2.24, 2.45) is 5.73 Å². The summed E-state index contributed by atoms with van der Waals surface area (Å²) in [6, 6.07) is 10.1. The van der Waals surface area contributed by atoms with Crippen LogP contribution in [-0.2, 0) is 5.75 Å². The normalized spacial score (nSPS) is 10.9. The number of rotatable bonds is 4. The Hall–Kier alpha value is -2.41. The van der Waals surface area contributed by atoms with Crippen LogP contribution in [-0.4, -0.2) is 20.4 Å². The Morgan fingerprint density at radius 1 is 1.29 bits per heavy atom. The Kier molecular flexibility index (Phi) is 3.57. The molecule has 0 bridgehead atoms. The topological polar surface area (TPSA) is 80.1 Å². The second-order valence-electron chi connectivity index (χ2n) is 4.46. The maximum absolute atomic E-state index is 13.5. The number of nitrogens with two attached hydrogens (primary N) is 1. The minimum absolute atomic E-state index is 0.145. The highest BCUT2D eigenvalue weighted by molar-refractivity contribution is 7.98. The van der Waals surface area contributed by atoms with Crippen LogP contribution in [0.25, 0.3) is 5.65 Å². The summed E-state index contributed by atoms with van der Waals surface area (Å²) in [5.74, 6) is -0.0219. The molecule has 3 N–H and O–H groups in total. The van der Waals surface area contributed by atoms with E-state index >= 15 is 0 Å². The molecule has 0 fully saturated rings. The quantitative estimate of drug-likeness (QED) is 0.440. The Morgan fingerprint density at radius 3 is 2.95 bits per heavy atom. The highest BCUT2D eigenvalue weighted by Crippen LogP contribution is 2.22. The first kappa shape index (κ1) is 13.6. The zero-order valence-corrected chi connectivity index (χ0v) is 11.8. The van der Waals surface area contributed by atoms with Crippen LogP contribution in [0.5, 0.6) is 0 Å². The van der Waals surface area contributed by atoms with Gasteiger partial charge in [-0.15, -0.1) is 10.2 Å². The van der Waals surface area contributed by atoms with E-state index in [0.717, 1.165) is 16.4 Å². The van der Waals surface area contributed by atoms with E-state index in [1.54, 1.807) is 6.07 Å². The number of hydrogen-bond acceptors (Lipinski definition) is 4. The Balaban J connectivity index is 1.83. The summed E-state index contributed by atoms with van der Waals surface area (Å²) in [7, 11) is 0. The molecular formula is C14H12FN5S. The van der Waals surface area contributed by atoms with Crippen molar-refractivity contribution in [2.75, 3.05) is 0 Å². The third-order valence-corrected chi connectivity index (χ3v) is 3.93. The molecule has 0 saturated carbocycles. The van der Waals surface area contributed by atoms with Gasteiger partial charge >= 0.3 is 0 Å². The van der Waals surface area contributed by atoms with Crippen LogP contribution in [0.15, 0.2) is 47.8 Å². The molecule has 2 aromatic heterocycles. The molecule has 0 unspecified atom stereocenters. The number of aromatic nitrogens is 3. The minimum Gasteiger partial charge on any atom is -0.384 e. The summed E-state index contributed by atoms with van der Waals surface area (Å²) in [5.41, 5.74) is 7.30. The largest absolute Gasteiger partial charge is 0.384 e. The molecular weight excluding hydrogens is 289 g/mol. The number of amidine groups is 1. The molecule has 3 aromatic rings. The molecule has 0 saturated heterocycles. The van der Waals surface area contributed by atoms with E-state index in [-0.39, 0.29) is 5.84 Å². The zero-order valence-electron chi connectivity index (χ0n) is 11.0. The number of halogens is 1. The molecule has 5 nitrogen and oxygen atoms in total. The third-order valence-electron chi connectivity index (χ3n) is 2.92. The van der Waals surface area contributed by atoms with E-state index in [1.165, 1.54) is 23.9 Å². The predicted octanol–water partition coefficient (Wildman–Crippen LogP) is 2.44. The van der Waals surface area contributed by atoms with Crippen molar-refractivity contribution in [1.29, 1.82) is 5.41 Å². The van der Waals surface area contributed by atoms with Crippen LogP contribution >= 0.6 is 11.8 Å². The van der Waals surface area contributed by atoms with E-state index in [2.05, 4.69) is 10.2 Å². The van der Waals surface area contributed by atoms with E-state index in [9.17, 15) is 4.39 Å². The van der Waals surface area contributed by atoms with Gasteiger partial charge in [0.2, 0.25) is 0 Å². The Bertz CT molecular complexity index is 814. The average molecular weight is 301 g/mol. The fraction of sp³-hybridized carbons (Fsp3) is 0.0714. The van der Waals surface area contributed by atoms with Crippen LogP contribution in [0.2, 0.25) is 0 Å². The lowest BCUT2D eigenvalue weighted by molar-refractivity contribution is 0.626. The monoisotopic (exact) mass is 301 g/mol. The van der Waals surface area contributed by atoms with E-state index in [1.807, 2.05) is 28.8 Å². The SMILES string of the molecule is N=C(N)c1cc(F)cc(CSc2nnc3ccccn23)c1. The van der Waals surface area contributed by atoms with Crippen molar-refractivity contribution in [2.45, 2.75) is 10.9 Å². The maximum atomic E-state index is 13.5. The summed E-state index contributed by atoms with van der Waals surface area (Å²) in [5, 5.41) is 16.3. The number of pyridine rings is 1. The number of nitrogen functional groups attached to an aromatic ring is 1. The van der Waals surface area contributed by atoms with Gasteiger partial charge in [0.25, 0.3) is 0 Å². The molecule has 2 heterocycles. The van der Waals surface area contributed by atoms with Gasteiger partial charge < -0.3 is 5.73 Å². The van der Waals surface area contributed by atoms with Crippen LogP contribution in [0.3, 0.4) is 0 Å². The lowest BCUT2D eigenvalue weighted by Gasteiger charge is -2.04. The molecule has 3 rings (SSSR count). The fourth-order valence-electron chi connectivity index (χ4n) is 1.96. The summed E-state index contributed by atoms with van der Waals surface area (Å²) in [4.78, 5) is 0. The smallest absolute Gasteiger partial charge is 0.195 e. The van der Waals surface area contributed by atoms with Gasteiger partial charge in [-0.05, 0) is 35.9 Å². The van der Waals surface area contributed by atoms with Gasteiger partial charge in [0, 0.05) is 17.5 Å². The van der Waals surface area contributed by atoms with E-state index < -0.39 is 5.82 Å². The molecule has 0 aliphatic carbocycles. The number of benzene rings is 1. The first-order valence-electron chi connectivity index (χ1n) is 6.20. The molecule has 1 aromatic carbocycles. The lowest BCUT2D eigenvalue weighted by Crippen LogP contribution is -2.11. The molecule has 0 radical (unpaired) electrons. The first-order chi connectivity index (χ1) is 10.1. The summed E-state index contributed by atoms with van der Waals surface area (Å²) in [6.07, 6.45) is 1.88. The van der Waals surface area contributed by atoms with Crippen LogP contribution in [0.4, 0.5) is 4.39 Å². The van der Waals surface area contributed by atoms with Crippen molar-refractivity contribution in [1.82, 2.24) is 14.6 Å². The third kappa shape index (κ3) is 2.87. The van der Waals surface area contributed by atoms with Gasteiger partial charge in [0.1, 0.15) is 11.7 Å². The second-order valence-corrected chi connectivity index (χ2v) is 5.40. The molecule has 0 spiro atoms. The van der Waals surface area contributed by atoms with Crippen LogP contribution in [0, 0.1) is 11.2 Å². The molecule has 0 aliphatic rings. The molecule has 21 heavy (non-hydrogen) atoms. The lowest BCUT2D eigenvalue weighted by atomic mass is 10.1. The van der Waals surface area contributed by atoms with E-state index in [4.69, 9.17) is 11.1 Å². The highest BCUT2D eigenvalue weighted by Gasteiger charge is 2.08. The fourth-order valence-corrected chi connectivity index (χ4v) is 2.81. The molecule has 7 heteroatoms. The van der Waals surface area contributed by atoms with Crippen LogP contribution in [0.1, 0.15) is 11.1 Å². The van der Waals surface area contributed by atoms with Crippen molar-refractivity contribution in [3.05, 3.63) is 59.5 Å². The van der Waals surface area contributed by atoms with E-state index in [0.29, 0.717) is 11.3 Å². The molecule has 106 valence electrons. The Labute approximate surface area is 124 Å². The van der Waals surface area contributed by atoms with Gasteiger partial charge in [-0.1, -0.05) is 17.8 Å². The van der Waals surface area contributed by atoms with Crippen molar-refractivity contribution in [3.63, 3.8) is 0 Å². The van der Waals surface area contributed by atoms with Crippen molar-refractivity contribution < 1.29 is 4.39 Å². The average Bonchev–Trinajstić information content (AvgIpc) is 2.88. The predicted molar refractivity (Wildman–Crippen MR) is 80.0 cm³/mol. The second kappa shape index (κ2) is 5.53. The number of hydrogen-bond donors (Lipinski definition) is 2. The van der Waals surface area contributed by atoms with Crippen molar-refractivity contribution in [3.8, 4) is 0 Å². The van der Waals surface area contributed by atoms with Crippen LogP contribution < -0.4 is 5.73 Å². The number of thioether (sulfide) groups is 1. The van der Waals surface area contributed by atoms with Gasteiger partial charge in [0.15, 0.2) is 10.8 Å². The molecule has 0 amide bonds. The zero-order chi connectivity index (χ0) is 14.8. The highest BCUT2D eigenvalue weighted by atomic mass is 32.2. The summed E-state index contributed by atoms with van der Waals surface area (Å²) < 4.78 is 15.4. The van der Waals surface area contributed by atoms with Gasteiger partial charge in [-0.3, -0.25) is 9.81 Å². The van der Waals surface area contributed by atoms with Gasteiger partial charge in [0.05, 0.1) is 0 Å². The summed E-state index contributed by atoms with van der Waals surface area (Å²) >= 11 is 1.45. The Morgan fingerprint density at radius 2 is 2.14 bits per heavy atom. The summed E-state index contributed by atoms with van der Waals surface area (Å²) in [6.45, 7) is 0. The van der Waals surface area contributed by atoms with Gasteiger partial charge in [-0.25, -0.2) is 4.39 Å². The maximum Gasteiger partial charge on any atom is 0.195 e. The number of nitrogens with one attached hydrogen (secondary N) is 1. The number of fused-ring (bicyclic) bond motifs is 1.